The first-order valence-electron chi connectivity index (χ1n) is 4.90. The van der Waals surface area contributed by atoms with Crippen molar-refractivity contribution in [3.05, 3.63) is 0 Å². The van der Waals surface area contributed by atoms with Crippen LogP contribution in [0.25, 0.3) is 0 Å². The molecule has 0 aromatic rings. The summed E-state index contributed by atoms with van der Waals surface area (Å²) in [6.07, 6.45) is 2.87. The van der Waals surface area contributed by atoms with Gasteiger partial charge in [-0.2, -0.15) is 0 Å². The number of aliphatic hydroxyl groups is 1. The summed E-state index contributed by atoms with van der Waals surface area (Å²) >= 11 is 0. The second-order valence-corrected chi connectivity index (χ2v) is 5.26. The molecule has 0 unspecified atom stereocenters. The van der Waals surface area contributed by atoms with Crippen molar-refractivity contribution in [1.82, 2.24) is 0 Å². The van der Waals surface area contributed by atoms with Crippen LogP contribution in [0.3, 0.4) is 0 Å². The Morgan fingerprint density at radius 1 is 1.42 bits per heavy atom. The maximum atomic E-state index is 9.29. The van der Waals surface area contributed by atoms with E-state index in [1.807, 2.05) is 0 Å². The summed E-state index contributed by atoms with van der Waals surface area (Å²) in [6, 6.07) is 0. The predicted octanol–water partition coefficient (Wildman–Crippen LogP) is 1.18. The van der Waals surface area contributed by atoms with E-state index in [9.17, 15) is 5.11 Å². The minimum atomic E-state index is -0.0990. The van der Waals surface area contributed by atoms with Crippen LogP contribution in [0.5, 0.6) is 0 Å². The summed E-state index contributed by atoms with van der Waals surface area (Å²) in [4.78, 5) is 0. The molecule has 4 fully saturated rings. The number of rotatable bonds is 1. The molecule has 12 heavy (non-hydrogen) atoms. The number of hydrogen-bond donors (Lipinski definition) is 1. The summed E-state index contributed by atoms with van der Waals surface area (Å²) in [5.41, 5.74) is 0.327. The highest BCUT2D eigenvalue weighted by molar-refractivity contribution is 5.22. The molecule has 1 heterocycles. The molecule has 4 aliphatic rings. The van der Waals surface area contributed by atoms with Crippen LogP contribution in [-0.4, -0.2) is 23.4 Å². The number of epoxide rings is 1. The lowest BCUT2D eigenvalue weighted by atomic mass is 9.45. The fraction of sp³-hybridized carbons (Fsp3) is 1.00. The van der Waals surface area contributed by atoms with Gasteiger partial charge in [-0.3, -0.25) is 0 Å². The highest BCUT2D eigenvalue weighted by atomic mass is 16.6. The predicted molar refractivity (Wildman–Crippen MR) is 44.7 cm³/mol. The van der Waals surface area contributed by atoms with Gasteiger partial charge in [-0.1, -0.05) is 13.8 Å². The molecule has 1 aliphatic heterocycles. The first-order chi connectivity index (χ1) is 5.61. The average molecular weight is 168 g/mol. The van der Waals surface area contributed by atoms with Crippen LogP contribution in [0.1, 0.15) is 26.7 Å². The van der Waals surface area contributed by atoms with Crippen LogP contribution < -0.4 is 0 Å². The van der Waals surface area contributed by atoms with Crippen molar-refractivity contribution < 1.29 is 9.84 Å². The normalized spacial score (nSPS) is 58.8. The topological polar surface area (TPSA) is 32.8 Å². The largest absolute Gasteiger partial charge is 0.393 e. The van der Waals surface area contributed by atoms with Gasteiger partial charge in [0, 0.05) is 0 Å². The van der Waals surface area contributed by atoms with Gasteiger partial charge in [-0.25, -0.2) is 0 Å². The molecule has 0 amide bonds. The first kappa shape index (κ1) is 7.34. The van der Waals surface area contributed by atoms with E-state index in [2.05, 4.69) is 13.8 Å². The van der Waals surface area contributed by atoms with Crippen LogP contribution in [0, 0.1) is 17.3 Å². The third-order valence-electron chi connectivity index (χ3n) is 4.66. The van der Waals surface area contributed by atoms with Crippen LogP contribution in [0.15, 0.2) is 0 Å². The fourth-order valence-corrected chi connectivity index (χ4v) is 3.54. The van der Waals surface area contributed by atoms with Gasteiger partial charge in [0.15, 0.2) is 0 Å². The summed E-state index contributed by atoms with van der Waals surface area (Å²) in [5, 5.41) is 9.29. The minimum absolute atomic E-state index is 0.0990. The zero-order valence-electron chi connectivity index (χ0n) is 7.71. The Balaban J connectivity index is 1.94. The number of hydrogen-bond acceptors (Lipinski definition) is 2. The quantitative estimate of drug-likeness (QED) is 0.596. The molecule has 1 N–H and O–H groups in total. The summed E-state index contributed by atoms with van der Waals surface area (Å²) in [6.45, 7) is 4.88. The summed E-state index contributed by atoms with van der Waals surface area (Å²) < 4.78 is 5.65. The molecule has 68 valence electrons. The summed E-state index contributed by atoms with van der Waals surface area (Å²) in [5.74, 6) is 1.48. The van der Waals surface area contributed by atoms with E-state index >= 15 is 0 Å². The van der Waals surface area contributed by atoms with Crippen molar-refractivity contribution in [2.75, 3.05) is 6.61 Å². The van der Waals surface area contributed by atoms with Crippen LogP contribution in [0.4, 0.5) is 0 Å². The van der Waals surface area contributed by atoms with Crippen LogP contribution in [0.2, 0.25) is 0 Å². The maximum absolute atomic E-state index is 9.29. The molecule has 0 aromatic heterocycles. The van der Waals surface area contributed by atoms with Gasteiger partial charge in [-0.15, -0.1) is 0 Å². The zero-order chi connectivity index (χ0) is 8.56. The van der Waals surface area contributed by atoms with E-state index < -0.39 is 0 Å². The van der Waals surface area contributed by atoms with Crippen molar-refractivity contribution in [3.8, 4) is 0 Å². The van der Waals surface area contributed by atoms with Gasteiger partial charge in [-0.05, 0) is 30.1 Å². The molecule has 0 aromatic carbocycles. The molecule has 2 bridgehead atoms. The SMILES string of the molecule is CC1(C)[C@@H]2C[C@@H]3O[C@]3(CO)[C@H]1C2. The molecule has 0 radical (unpaired) electrons. The van der Waals surface area contributed by atoms with E-state index in [0.29, 0.717) is 17.4 Å². The fourth-order valence-electron chi connectivity index (χ4n) is 3.54. The van der Waals surface area contributed by atoms with Crippen molar-refractivity contribution in [3.63, 3.8) is 0 Å². The van der Waals surface area contributed by atoms with Crippen molar-refractivity contribution in [2.24, 2.45) is 17.3 Å². The van der Waals surface area contributed by atoms with Gasteiger partial charge in [0.2, 0.25) is 0 Å². The van der Waals surface area contributed by atoms with Crippen molar-refractivity contribution >= 4 is 0 Å². The van der Waals surface area contributed by atoms with E-state index in [0.717, 1.165) is 5.92 Å². The Morgan fingerprint density at radius 3 is 2.67 bits per heavy atom. The molecule has 4 atom stereocenters. The molecule has 1 saturated heterocycles. The van der Waals surface area contributed by atoms with E-state index in [4.69, 9.17) is 4.74 Å². The lowest BCUT2D eigenvalue weighted by molar-refractivity contribution is -0.0972. The van der Waals surface area contributed by atoms with Crippen LogP contribution in [-0.2, 0) is 4.74 Å². The molecule has 4 rings (SSSR count). The van der Waals surface area contributed by atoms with Gasteiger partial charge in [0.05, 0.1) is 12.7 Å². The molecular formula is C10H16O2. The third-order valence-corrected chi connectivity index (χ3v) is 4.66. The van der Waals surface area contributed by atoms with E-state index in [-0.39, 0.29) is 12.2 Å². The number of aliphatic hydroxyl groups excluding tert-OH is 1. The standard InChI is InChI=1S/C10H16O2/c1-9(2)6-3-7(9)10(5-11)8(4-6)12-10/h6-8,11H,3-5H2,1-2H3/t6-,7-,8-,10+/m0/s1. The van der Waals surface area contributed by atoms with Gasteiger partial charge < -0.3 is 9.84 Å². The Labute approximate surface area is 72.9 Å². The second-order valence-electron chi connectivity index (χ2n) is 5.26. The lowest BCUT2D eigenvalue weighted by Crippen LogP contribution is -2.58. The highest BCUT2D eigenvalue weighted by Gasteiger charge is 2.74. The molecule has 3 saturated carbocycles. The van der Waals surface area contributed by atoms with E-state index in [1.54, 1.807) is 0 Å². The van der Waals surface area contributed by atoms with Gasteiger partial charge >= 0.3 is 0 Å². The Bertz CT molecular complexity index is 236. The Kier molecular flexibility index (Phi) is 1.06. The van der Waals surface area contributed by atoms with Crippen molar-refractivity contribution in [1.29, 1.82) is 0 Å². The first-order valence-corrected chi connectivity index (χ1v) is 4.90. The second kappa shape index (κ2) is 1.73. The van der Waals surface area contributed by atoms with Gasteiger partial charge in [0.1, 0.15) is 5.60 Å². The van der Waals surface area contributed by atoms with Gasteiger partial charge in [0.25, 0.3) is 0 Å². The van der Waals surface area contributed by atoms with E-state index in [1.165, 1.54) is 12.8 Å². The Hall–Kier alpha value is -0.0800. The molecular weight excluding hydrogens is 152 g/mol. The molecule has 0 spiro atoms. The monoisotopic (exact) mass is 168 g/mol. The zero-order valence-corrected chi connectivity index (χ0v) is 7.71. The highest BCUT2D eigenvalue weighted by Crippen LogP contribution is 2.70. The summed E-state index contributed by atoms with van der Waals surface area (Å²) in [7, 11) is 0. The minimum Gasteiger partial charge on any atom is -0.393 e. The smallest absolute Gasteiger partial charge is 0.121 e. The molecule has 2 nitrogen and oxygen atoms in total. The number of ether oxygens (including phenoxy) is 1. The average Bonchev–Trinajstić information content (AvgIpc) is 2.77. The van der Waals surface area contributed by atoms with Crippen LogP contribution >= 0.6 is 0 Å². The van der Waals surface area contributed by atoms with Crippen molar-refractivity contribution in [2.45, 2.75) is 38.4 Å². The Morgan fingerprint density at radius 2 is 2.17 bits per heavy atom. The molecule has 3 aliphatic carbocycles. The molecule has 2 heteroatoms. The lowest BCUT2D eigenvalue weighted by Gasteiger charge is -2.57. The third kappa shape index (κ3) is 0.549. The maximum Gasteiger partial charge on any atom is 0.121 e.